The Balaban J connectivity index is 3.15. The molecule has 6 heteroatoms. The van der Waals surface area contributed by atoms with E-state index in [-0.39, 0.29) is 13.0 Å². The van der Waals surface area contributed by atoms with E-state index < -0.39 is 17.5 Å². The summed E-state index contributed by atoms with van der Waals surface area (Å²) in [5, 5.41) is 0. The van der Waals surface area contributed by atoms with Gasteiger partial charge in [-0.3, -0.25) is 4.79 Å². The van der Waals surface area contributed by atoms with E-state index in [1.807, 2.05) is 0 Å². The first-order valence-corrected chi connectivity index (χ1v) is 8.06. The zero-order valence-corrected chi connectivity index (χ0v) is 15.4. The van der Waals surface area contributed by atoms with Crippen molar-refractivity contribution >= 4 is 39.1 Å². The summed E-state index contributed by atoms with van der Waals surface area (Å²) in [6.45, 7) is 7.32. The minimum atomic E-state index is -0.617. The Hall–Kier alpha value is -1.82. The van der Waals surface area contributed by atoms with Gasteiger partial charge in [-0.2, -0.15) is 0 Å². The third-order valence-electron chi connectivity index (χ3n) is 2.70. The zero-order chi connectivity index (χ0) is 17.6. The molecule has 0 unspecified atom stereocenters. The molecule has 2 N–H and O–H groups in total. The Kier molecular flexibility index (Phi) is 6.81. The number of ether oxygens (including phenoxy) is 2. The minimum absolute atomic E-state index is 0.0566. The summed E-state index contributed by atoms with van der Waals surface area (Å²) in [5.74, 6) is -0.955. The highest BCUT2D eigenvalue weighted by atomic mass is 79.9. The smallest absolute Gasteiger partial charge is 0.331 e. The second-order valence-electron chi connectivity index (χ2n) is 5.92. The topological polar surface area (TPSA) is 78.6 Å². The molecule has 5 nitrogen and oxygen atoms in total. The highest BCUT2D eigenvalue weighted by molar-refractivity contribution is 9.10. The quantitative estimate of drug-likeness (QED) is 0.476. The van der Waals surface area contributed by atoms with Crippen molar-refractivity contribution in [1.29, 1.82) is 0 Å². The number of nitrogens with two attached hydrogens (primary N) is 1. The monoisotopic (exact) mass is 383 g/mol. The van der Waals surface area contributed by atoms with Crippen molar-refractivity contribution in [2.45, 2.75) is 39.7 Å². The lowest BCUT2D eigenvalue weighted by atomic mass is 10.0. The fourth-order valence-electron chi connectivity index (χ4n) is 1.89. The van der Waals surface area contributed by atoms with Gasteiger partial charge in [0.1, 0.15) is 5.60 Å². The molecule has 1 rings (SSSR count). The maximum Gasteiger partial charge on any atom is 0.331 e. The van der Waals surface area contributed by atoms with Gasteiger partial charge in [0.2, 0.25) is 0 Å². The van der Waals surface area contributed by atoms with E-state index >= 15 is 0 Å². The van der Waals surface area contributed by atoms with Gasteiger partial charge in [-0.15, -0.1) is 0 Å². The van der Waals surface area contributed by atoms with E-state index in [1.54, 1.807) is 45.9 Å². The predicted molar refractivity (Wildman–Crippen MR) is 93.6 cm³/mol. The summed E-state index contributed by atoms with van der Waals surface area (Å²) in [6.07, 6.45) is 1.24. The van der Waals surface area contributed by atoms with Crippen LogP contribution in [0.5, 0.6) is 0 Å². The SMILES string of the molecule is CCOC(=O)C/C(=C/C(=O)OC(C)(C)C)c1ccc(Br)cc1N. The number of carbonyl (C=O) groups excluding carboxylic acids is 2. The van der Waals surface area contributed by atoms with Crippen LogP contribution in [0.25, 0.3) is 5.57 Å². The molecule has 23 heavy (non-hydrogen) atoms. The largest absolute Gasteiger partial charge is 0.466 e. The van der Waals surface area contributed by atoms with Crippen molar-refractivity contribution in [2.24, 2.45) is 0 Å². The van der Waals surface area contributed by atoms with Crippen LogP contribution in [0.4, 0.5) is 5.69 Å². The summed E-state index contributed by atoms with van der Waals surface area (Å²) in [5.41, 5.74) is 6.90. The predicted octanol–water partition coefficient (Wildman–Crippen LogP) is 3.71. The molecular weight excluding hydrogens is 362 g/mol. The van der Waals surface area contributed by atoms with Crippen molar-refractivity contribution in [1.82, 2.24) is 0 Å². The molecule has 126 valence electrons. The van der Waals surface area contributed by atoms with Crippen LogP contribution in [0.1, 0.15) is 39.7 Å². The molecule has 0 aliphatic rings. The second-order valence-corrected chi connectivity index (χ2v) is 6.83. The summed E-state index contributed by atoms with van der Waals surface area (Å²) >= 11 is 3.33. The Morgan fingerprint density at radius 1 is 1.30 bits per heavy atom. The van der Waals surface area contributed by atoms with Gasteiger partial charge in [0.05, 0.1) is 13.0 Å². The fourth-order valence-corrected chi connectivity index (χ4v) is 2.27. The van der Waals surface area contributed by atoms with Gasteiger partial charge in [0, 0.05) is 21.8 Å². The van der Waals surface area contributed by atoms with Crippen molar-refractivity contribution in [2.75, 3.05) is 12.3 Å². The van der Waals surface area contributed by atoms with Crippen LogP contribution < -0.4 is 5.73 Å². The van der Waals surface area contributed by atoms with Gasteiger partial charge in [-0.25, -0.2) is 4.79 Å². The van der Waals surface area contributed by atoms with Gasteiger partial charge in [0.15, 0.2) is 0 Å². The number of benzene rings is 1. The molecule has 0 radical (unpaired) electrons. The van der Waals surface area contributed by atoms with Gasteiger partial charge >= 0.3 is 11.9 Å². The zero-order valence-electron chi connectivity index (χ0n) is 13.8. The third kappa shape index (κ3) is 6.86. The van der Waals surface area contributed by atoms with Crippen molar-refractivity contribution in [3.8, 4) is 0 Å². The number of hydrogen-bond donors (Lipinski definition) is 1. The van der Waals surface area contributed by atoms with Crippen molar-refractivity contribution in [3.05, 3.63) is 34.3 Å². The number of esters is 2. The lowest BCUT2D eigenvalue weighted by Gasteiger charge is -2.19. The Morgan fingerprint density at radius 2 is 1.96 bits per heavy atom. The lowest BCUT2D eigenvalue weighted by Crippen LogP contribution is -2.23. The minimum Gasteiger partial charge on any atom is -0.466 e. The first-order valence-electron chi connectivity index (χ1n) is 7.27. The Morgan fingerprint density at radius 3 is 2.48 bits per heavy atom. The Bertz CT molecular complexity index is 618. The second kappa shape index (κ2) is 8.15. The van der Waals surface area contributed by atoms with E-state index in [1.165, 1.54) is 6.08 Å². The first-order chi connectivity index (χ1) is 10.6. The van der Waals surface area contributed by atoms with Crippen LogP contribution in [-0.2, 0) is 19.1 Å². The molecule has 1 aromatic rings. The molecular formula is C17H22BrNO4. The normalized spacial score (nSPS) is 12.0. The molecule has 1 aromatic carbocycles. The lowest BCUT2D eigenvalue weighted by molar-refractivity contribution is -0.148. The molecule has 0 spiro atoms. The summed E-state index contributed by atoms with van der Waals surface area (Å²) in [6, 6.07) is 5.25. The van der Waals surface area contributed by atoms with Crippen LogP contribution >= 0.6 is 15.9 Å². The molecule has 0 fully saturated rings. The van der Waals surface area contributed by atoms with Crippen LogP contribution in [0.3, 0.4) is 0 Å². The molecule has 0 aromatic heterocycles. The van der Waals surface area contributed by atoms with Crippen molar-refractivity contribution in [3.63, 3.8) is 0 Å². The van der Waals surface area contributed by atoms with Crippen LogP contribution in [0, 0.1) is 0 Å². The molecule has 0 aliphatic heterocycles. The van der Waals surface area contributed by atoms with Crippen LogP contribution in [-0.4, -0.2) is 24.1 Å². The summed E-state index contributed by atoms with van der Waals surface area (Å²) < 4.78 is 11.0. The number of hydrogen-bond acceptors (Lipinski definition) is 5. The highest BCUT2D eigenvalue weighted by Crippen LogP contribution is 2.28. The van der Waals surface area contributed by atoms with Gasteiger partial charge in [0.25, 0.3) is 0 Å². The van der Waals surface area contributed by atoms with E-state index in [2.05, 4.69) is 15.9 Å². The number of halogens is 1. The maximum atomic E-state index is 12.1. The third-order valence-corrected chi connectivity index (χ3v) is 3.19. The molecule has 0 bridgehead atoms. The van der Waals surface area contributed by atoms with Gasteiger partial charge in [-0.05, 0) is 45.4 Å². The first kappa shape index (κ1) is 19.2. The van der Waals surface area contributed by atoms with E-state index in [9.17, 15) is 9.59 Å². The number of rotatable bonds is 5. The van der Waals surface area contributed by atoms with E-state index in [0.29, 0.717) is 16.8 Å². The average Bonchev–Trinajstić information content (AvgIpc) is 2.35. The van der Waals surface area contributed by atoms with Gasteiger partial charge < -0.3 is 15.2 Å². The number of carbonyl (C=O) groups is 2. The van der Waals surface area contributed by atoms with Crippen LogP contribution in [0.15, 0.2) is 28.7 Å². The fraction of sp³-hybridized carbons (Fsp3) is 0.412. The van der Waals surface area contributed by atoms with E-state index in [0.717, 1.165) is 4.47 Å². The summed E-state index contributed by atoms with van der Waals surface area (Å²) in [7, 11) is 0. The molecule has 0 amide bonds. The molecule has 0 saturated heterocycles. The molecule has 0 atom stereocenters. The highest BCUT2D eigenvalue weighted by Gasteiger charge is 2.18. The molecule has 0 heterocycles. The Labute approximate surface area is 145 Å². The standard InChI is InChI=1S/C17H22BrNO4/c1-5-22-15(20)8-11(9-16(21)23-17(2,3)4)13-7-6-12(18)10-14(13)19/h6-7,9-10H,5,8,19H2,1-4H3/b11-9-. The van der Waals surface area contributed by atoms with E-state index in [4.69, 9.17) is 15.2 Å². The summed E-state index contributed by atoms with van der Waals surface area (Å²) in [4.78, 5) is 23.9. The van der Waals surface area contributed by atoms with Crippen molar-refractivity contribution < 1.29 is 19.1 Å². The van der Waals surface area contributed by atoms with Crippen LogP contribution in [0.2, 0.25) is 0 Å². The molecule has 0 saturated carbocycles. The average molecular weight is 384 g/mol. The number of nitrogen functional groups attached to an aromatic ring is 1. The molecule has 0 aliphatic carbocycles. The maximum absolute atomic E-state index is 12.1. The number of anilines is 1. The van der Waals surface area contributed by atoms with Gasteiger partial charge in [-0.1, -0.05) is 22.0 Å².